The highest BCUT2D eigenvalue weighted by molar-refractivity contribution is 5.14. The van der Waals surface area contributed by atoms with E-state index in [1.54, 1.807) is 0 Å². The Kier molecular flexibility index (Phi) is 3.25. The Morgan fingerprint density at radius 2 is 2.31 bits per heavy atom. The largest absolute Gasteiger partial charge is 0.336 e. The molecule has 0 saturated carbocycles. The Bertz CT molecular complexity index is 295. The van der Waals surface area contributed by atoms with Crippen LogP contribution >= 0.6 is 0 Å². The van der Waals surface area contributed by atoms with Crippen LogP contribution in [0.5, 0.6) is 0 Å². The van der Waals surface area contributed by atoms with Crippen molar-refractivity contribution in [2.24, 2.45) is 7.05 Å². The van der Waals surface area contributed by atoms with E-state index in [-0.39, 0.29) is 6.04 Å². The van der Waals surface area contributed by atoms with Crippen molar-refractivity contribution in [2.75, 3.05) is 7.05 Å². The van der Waals surface area contributed by atoms with Gasteiger partial charge in [0.2, 0.25) is 0 Å². The van der Waals surface area contributed by atoms with Crippen LogP contribution in [0.15, 0.2) is 24.2 Å². The van der Waals surface area contributed by atoms with Crippen molar-refractivity contribution in [1.82, 2.24) is 14.9 Å². The molecule has 3 nitrogen and oxygen atoms in total. The maximum absolute atomic E-state index is 4.09. The normalized spacial score (nSPS) is 12.6. The van der Waals surface area contributed by atoms with Crippen LogP contribution in [0.2, 0.25) is 0 Å². The summed E-state index contributed by atoms with van der Waals surface area (Å²) in [7, 11) is 3.96. The standard InChI is InChI=1S/C10H17N3/c1-8(2)5-9(11-3)10-6-12-7-13(10)4/h5-7,9,11H,1-4H3. The Balaban J connectivity index is 2.91. The minimum atomic E-state index is 0.262. The third kappa shape index (κ3) is 2.42. The molecule has 1 heterocycles. The Labute approximate surface area is 79.5 Å². The molecule has 72 valence electrons. The summed E-state index contributed by atoms with van der Waals surface area (Å²) in [5.74, 6) is 0. The average molecular weight is 179 g/mol. The van der Waals surface area contributed by atoms with Gasteiger partial charge in [-0.25, -0.2) is 4.98 Å². The zero-order valence-corrected chi connectivity index (χ0v) is 8.70. The molecular formula is C10H17N3. The van der Waals surface area contributed by atoms with E-state index in [0.717, 1.165) is 0 Å². The summed E-state index contributed by atoms with van der Waals surface area (Å²) in [6.07, 6.45) is 5.90. The molecule has 0 aromatic carbocycles. The molecule has 0 amide bonds. The minimum Gasteiger partial charge on any atom is -0.336 e. The van der Waals surface area contributed by atoms with Gasteiger partial charge in [0.25, 0.3) is 0 Å². The third-order valence-corrected chi connectivity index (χ3v) is 1.98. The van der Waals surface area contributed by atoms with E-state index in [0.29, 0.717) is 0 Å². The van der Waals surface area contributed by atoms with Crippen LogP contribution in [0.3, 0.4) is 0 Å². The topological polar surface area (TPSA) is 29.9 Å². The van der Waals surface area contributed by atoms with Gasteiger partial charge in [-0.05, 0) is 20.9 Å². The Hall–Kier alpha value is -1.09. The molecular weight excluding hydrogens is 162 g/mol. The third-order valence-electron chi connectivity index (χ3n) is 1.98. The van der Waals surface area contributed by atoms with E-state index in [2.05, 4.69) is 30.2 Å². The fourth-order valence-electron chi connectivity index (χ4n) is 1.32. The van der Waals surface area contributed by atoms with Gasteiger partial charge in [0.1, 0.15) is 0 Å². The predicted octanol–water partition coefficient (Wildman–Crippen LogP) is 1.65. The fraction of sp³-hybridized carbons (Fsp3) is 0.500. The first-order valence-corrected chi connectivity index (χ1v) is 4.43. The summed E-state index contributed by atoms with van der Waals surface area (Å²) >= 11 is 0. The van der Waals surface area contributed by atoms with Crippen LogP contribution in [0.1, 0.15) is 25.6 Å². The van der Waals surface area contributed by atoms with Gasteiger partial charge in [0.15, 0.2) is 0 Å². The molecule has 1 unspecified atom stereocenters. The number of hydrogen-bond donors (Lipinski definition) is 1. The number of likely N-dealkylation sites (N-methyl/N-ethyl adjacent to an activating group) is 1. The molecule has 0 aliphatic rings. The minimum absolute atomic E-state index is 0.262. The van der Waals surface area contributed by atoms with Gasteiger partial charge in [-0.3, -0.25) is 0 Å². The van der Waals surface area contributed by atoms with Crippen LogP contribution in [0.25, 0.3) is 0 Å². The SMILES string of the molecule is CNC(C=C(C)C)c1cncn1C. The first-order valence-electron chi connectivity index (χ1n) is 4.43. The lowest BCUT2D eigenvalue weighted by Crippen LogP contribution is -2.16. The zero-order valence-electron chi connectivity index (χ0n) is 8.70. The number of nitrogens with one attached hydrogen (secondary N) is 1. The average Bonchev–Trinajstić information content (AvgIpc) is 2.47. The van der Waals surface area contributed by atoms with Gasteiger partial charge >= 0.3 is 0 Å². The second kappa shape index (κ2) is 4.23. The maximum atomic E-state index is 4.09. The van der Waals surface area contributed by atoms with E-state index in [1.165, 1.54) is 11.3 Å². The maximum Gasteiger partial charge on any atom is 0.0946 e. The molecule has 1 aromatic rings. The van der Waals surface area contributed by atoms with E-state index in [9.17, 15) is 0 Å². The first-order chi connectivity index (χ1) is 6.15. The Morgan fingerprint density at radius 1 is 1.62 bits per heavy atom. The van der Waals surface area contributed by atoms with Crippen molar-refractivity contribution in [2.45, 2.75) is 19.9 Å². The predicted molar refractivity (Wildman–Crippen MR) is 54.4 cm³/mol. The van der Waals surface area contributed by atoms with Crippen molar-refractivity contribution < 1.29 is 0 Å². The molecule has 0 aliphatic heterocycles. The summed E-state index contributed by atoms with van der Waals surface area (Å²) in [5.41, 5.74) is 2.49. The van der Waals surface area contributed by atoms with Crippen molar-refractivity contribution in [3.63, 3.8) is 0 Å². The van der Waals surface area contributed by atoms with E-state index in [4.69, 9.17) is 0 Å². The number of imidazole rings is 1. The number of allylic oxidation sites excluding steroid dienone is 1. The zero-order chi connectivity index (χ0) is 9.84. The molecule has 0 aliphatic carbocycles. The molecule has 0 bridgehead atoms. The molecule has 1 atom stereocenters. The highest BCUT2D eigenvalue weighted by atomic mass is 15.1. The summed E-state index contributed by atoms with van der Waals surface area (Å²) in [4.78, 5) is 4.09. The quantitative estimate of drug-likeness (QED) is 0.715. The first kappa shape index (κ1) is 9.99. The van der Waals surface area contributed by atoms with Crippen molar-refractivity contribution in [3.8, 4) is 0 Å². The number of rotatable bonds is 3. The van der Waals surface area contributed by atoms with Crippen molar-refractivity contribution in [3.05, 3.63) is 29.9 Å². The Morgan fingerprint density at radius 3 is 2.69 bits per heavy atom. The van der Waals surface area contributed by atoms with E-state index >= 15 is 0 Å². The fourth-order valence-corrected chi connectivity index (χ4v) is 1.32. The molecule has 0 fully saturated rings. The van der Waals surface area contributed by atoms with Crippen LogP contribution in [-0.4, -0.2) is 16.6 Å². The van der Waals surface area contributed by atoms with Crippen molar-refractivity contribution >= 4 is 0 Å². The van der Waals surface area contributed by atoms with E-state index in [1.807, 2.05) is 31.2 Å². The monoisotopic (exact) mass is 179 g/mol. The van der Waals surface area contributed by atoms with Gasteiger partial charge in [0.05, 0.1) is 24.3 Å². The van der Waals surface area contributed by atoms with Gasteiger partial charge in [0, 0.05) is 7.05 Å². The molecule has 1 N–H and O–H groups in total. The van der Waals surface area contributed by atoms with Gasteiger partial charge < -0.3 is 9.88 Å². The summed E-state index contributed by atoms with van der Waals surface area (Å²) in [6, 6.07) is 0.262. The number of hydrogen-bond acceptors (Lipinski definition) is 2. The lowest BCUT2D eigenvalue weighted by molar-refractivity contribution is 0.652. The van der Waals surface area contributed by atoms with Crippen LogP contribution in [-0.2, 0) is 7.05 Å². The second-order valence-electron chi connectivity index (χ2n) is 3.44. The smallest absolute Gasteiger partial charge is 0.0946 e. The highest BCUT2D eigenvalue weighted by Gasteiger charge is 2.08. The van der Waals surface area contributed by atoms with Crippen molar-refractivity contribution in [1.29, 1.82) is 0 Å². The molecule has 0 spiro atoms. The summed E-state index contributed by atoms with van der Waals surface area (Å²) in [6.45, 7) is 4.20. The molecule has 0 saturated heterocycles. The van der Waals surface area contributed by atoms with Gasteiger partial charge in [-0.15, -0.1) is 0 Å². The molecule has 3 heteroatoms. The van der Waals surface area contributed by atoms with Crippen LogP contribution in [0.4, 0.5) is 0 Å². The highest BCUT2D eigenvalue weighted by Crippen LogP contribution is 2.13. The van der Waals surface area contributed by atoms with E-state index < -0.39 is 0 Å². The summed E-state index contributed by atoms with van der Waals surface area (Å²) in [5, 5.41) is 3.24. The number of aryl methyl sites for hydroxylation is 1. The molecule has 1 rings (SSSR count). The molecule has 13 heavy (non-hydrogen) atoms. The van der Waals surface area contributed by atoms with Crippen LogP contribution < -0.4 is 5.32 Å². The molecule has 1 aromatic heterocycles. The van der Waals surface area contributed by atoms with Gasteiger partial charge in [-0.2, -0.15) is 0 Å². The van der Waals surface area contributed by atoms with Gasteiger partial charge in [-0.1, -0.05) is 11.6 Å². The summed E-state index contributed by atoms with van der Waals surface area (Å²) < 4.78 is 2.03. The number of aromatic nitrogens is 2. The lowest BCUT2D eigenvalue weighted by atomic mass is 10.1. The van der Waals surface area contributed by atoms with Crippen LogP contribution in [0, 0.1) is 0 Å². The second-order valence-corrected chi connectivity index (χ2v) is 3.44. The number of nitrogens with zero attached hydrogens (tertiary/aromatic N) is 2. The molecule has 0 radical (unpaired) electrons. The lowest BCUT2D eigenvalue weighted by Gasteiger charge is -2.12.